The molecular formula is C16H30N2O5S. The van der Waals surface area contributed by atoms with Crippen molar-refractivity contribution in [2.24, 2.45) is 5.92 Å². The summed E-state index contributed by atoms with van der Waals surface area (Å²) < 4.78 is 37.1. The van der Waals surface area contributed by atoms with E-state index in [1.807, 2.05) is 0 Å². The number of nitrogens with zero attached hydrogens (tertiary/aromatic N) is 2. The van der Waals surface area contributed by atoms with Gasteiger partial charge in [0.15, 0.2) is 0 Å². The fourth-order valence-corrected chi connectivity index (χ4v) is 4.69. The minimum absolute atomic E-state index is 0.0366. The number of ether oxygens (including phenoxy) is 2. The predicted octanol–water partition coefficient (Wildman–Crippen LogP) is 0.702. The Hall–Kier alpha value is -0.700. The Kier molecular flexibility index (Phi) is 6.64. The molecule has 0 unspecified atom stereocenters. The first kappa shape index (κ1) is 19.6. The number of rotatable bonds is 7. The first-order valence-corrected chi connectivity index (χ1v) is 10.3. The first-order chi connectivity index (χ1) is 11.3. The van der Waals surface area contributed by atoms with Gasteiger partial charge in [-0.3, -0.25) is 4.79 Å². The molecule has 2 aliphatic rings. The fourth-order valence-electron chi connectivity index (χ4n) is 3.58. The monoisotopic (exact) mass is 362 g/mol. The Morgan fingerprint density at radius 1 is 1.33 bits per heavy atom. The van der Waals surface area contributed by atoms with Gasteiger partial charge in [0.05, 0.1) is 11.4 Å². The van der Waals surface area contributed by atoms with Crippen molar-refractivity contribution in [3.05, 3.63) is 0 Å². The number of carbonyl (C=O) groups is 1. The standard InChI is InChI=1S/C16H30N2O5S/c1-4-24(20,21)18-9-7-16(8-10-18)14(6-12-23-16)5-11-22-13-15(19)17(2)3/h14H,4-13H2,1-3H3/t14-/m1/s1. The van der Waals surface area contributed by atoms with Gasteiger partial charge in [-0.1, -0.05) is 0 Å². The summed E-state index contributed by atoms with van der Waals surface area (Å²) >= 11 is 0. The summed E-state index contributed by atoms with van der Waals surface area (Å²) in [5.74, 6) is 0.488. The van der Waals surface area contributed by atoms with E-state index in [-0.39, 0.29) is 23.9 Å². The third-order valence-corrected chi connectivity index (χ3v) is 7.14. The lowest BCUT2D eigenvalue weighted by Gasteiger charge is -2.41. The van der Waals surface area contributed by atoms with Crippen molar-refractivity contribution in [1.29, 1.82) is 0 Å². The summed E-state index contributed by atoms with van der Waals surface area (Å²) in [7, 11) is 0.311. The van der Waals surface area contributed by atoms with E-state index in [1.54, 1.807) is 25.3 Å². The van der Waals surface area contributed by atoms with Gasteiger partial charge in [-0.2, -0.15) is 0 Å². The van der Waals surface area contributed by atoms with Crippen LogP contribution in [-0.4, -0.2) is 81.9 Å². The molecule has 0 N–H and O–H groups in total. The van der Waals surface area contributed by atoms with Crippen LogP contribution in [-0.2, 0) is 24.3 Å². The number of piperidine rings is 1. The maximum Gasteiger partial charge on any atom is 0.248 e. The zero-order chi connectivity index (χ0) is 17.8. The molecule has 140 valence electrons. The predicted molar refractivity (Wildman–Crippen MR) is 91.2 cm³/mol. The Labute approximate surface area is 145 Å². The van der Waals surface area contributed by atoms with E-state index in [4.69, 9.17) is 9.47 Å². The van der Waals surface area contributed by atoms with Crippen LogP contribution in [0.1, 0.15) is 32.6 Å². The molecule has 0 bridgehead atoms. The van der Waals surface area contributed by atoms with E-state index in [0.717, 1.165) is 32.3 Å². The highest BCUT2D eigenvalue weighted by molar-refractivity contribution is 7.89. The van der Waals surface area contributed by atoms with Gasteiger partial charge in [0, 0.05) is 40.4 Å². The Balaban J connectivity index is 1.82. The van der Waals surface area contributed by atoms with Crippen molar-refractivity contribution >= 4 is 15.9 Å². The normalized spacial score (nSPS) is 24.4. The SMILES string of the molecule is CCS(=O)(=O)N1CCC2(CC1)OCC[C@H]2CCOCC(=O)N(C)C. The molecule has 0 aromatic heterocycles. The molecule has 24 heavy (non-hydrogen) atoms. The average Bonchev–Trinajstić information content (AvgIpc) is 2.93. The molecule has 0 aliphatic carbocycles. The molecule has 7 nitrogen and oxygen atoms in total. The molecule has 1 atom stereocenters. The van der Waals surface area contributed by atoms with E-state index in [0.29, 0.717) is 25.6 Å². The molecule has 0 aromatic carbocycles. The second-order valence-corrected chi connectivity index (χ2v) is 9.09. The number of amides is 1. The van der Waals surface area contributed by atoms with Crippen molar-refractivity contribution in [3.63, 3.8) is 0 Å². The quantitative estimate of drug-likeness (QED) is 0.623. The highest BCUT2D eigenvalue weighted by atomic mass is 32.2. The molecular weight excluding hydrogens is 332 g/mol. The zero-order valence-corrected chi connectivity index (χ0v) is 15.8. The smallest absolute Gasteiger partial charge is 0.248 e. The summed E-state index contributed by atoms with van der Waals surface area (Å²) in [4.78, 5) is 13.0. The molecule has 2 saturated heterocycles. The summed E-state index contributed by atoms with van der Waals surface area (Å²) in [6, 6.07) is 0. The van der Waals surface area contributed by atoms with Gasteiger partial charge >= 0.3 is 0 Å². The van der Waals surface area contributed by atoms with Crippen LogP contribution in [0.15, 0.2) is 0 Å². The summed E-state index contributed by atoms with van der Waals surface area (Å²) in [6.07, 6.45) is 3.31. The molecule has 0 aromatic rings. The minimum atomic E-state index is -3.11. The Morgan fingerprint density at radius 2 is 2.00 bits per heavy atom. The van der Waals surface area contributed by atoms with Gasteiger partial charge in [-0.25, -0.2) is 12.7 Å². The van der Waals surface area contributed by atoms with Gasteiger partial charge in [0.25, 0.3) is 0 Å². The highest BCUT2D eigenvalue weighted by Crippen LogP contribution is 2.42. The largest absolute Gasteiger partial charge is 0.375 e. The summed E-state index contributed by atoms with van der Waals surface area (Å²) in [5, 5.41) is 0. The van der Waals surface area contributed by atoms with Crippen LogP contribution in [0.25, 0.3) is 0 Å². The van der Waals surface area contributed by atoms with E-state index < -0.39 is 10.0 Å². The van der Waals surface area contributed by atoms with Gasteiger partial charge < -0.3 is 14.4 Å². The van der Waals surface area contributed by atoms with Crippen LogP contribution in [0.5, 0.6) is 0 Å². The van der Waals surface area contributed by atoms with Crippen molar-refractivity contribution in [3.8, 4) is 0 Å². The number of carbonyl (C=O) groups excluding carboxylic acids is 1. The van der Waals surface area contributed by atoms with E-state index in [1.165, 1.54) is 4.90 Å². The van der Waals surface area contributed by atoms with Gasteiger partial charge in [0.2, 0.25) is 15.9 Å². The molecule has 2 aliphatic heterocycles. The number of likely N-dealkylation sites (N-methyl/N-ethyl adjacent to an activating group) is 1. The Bertz CT molecular complexity index is 527. The van der Waals surface area contributed by atoms with E-state index >= 15 is 0 Å². The third kappa shape index (κ3) is 4.47. The topological polar surface area (TPSA) is 76.1 Å². The van der Waals surface area contributed by atoms with E-state index in [2.05, 4.69) is 0 Å². The van der Waals surface area contributed by atoms with Gasteiger partial charge in [-0.15, -0.1) is 0 Å². The van der Waals surface area contributed by atoms with Crippen molar-refractivity contribution in [2.45, 2.75) is 38.2 Å². The van der Waals surface area contributed by atoms with E-state index in [9.17, 15) is 13.2 Å². The second kappa shape index (κ2) is 8.12. The van der Waals surface area contributed by atoms with Crippen LogP contribution < -0.4 is 0 Å². The van der Waals surface area contributed by atoms with Crippen molar-refractivity contribution in [1.82, 2.24) is 9.21 Å². The first-order valence-electron chi connectivity index (χ1n) is 8.70. The molecule has 0 radical (unpaired) electrons. The molecule has 2 heterocycles. The molecule has 1 spiro atoms. The third-order valence-electron chi connectivity index (χ3n) is 5.26. The fraction of sp³-hybridized carbons (Fsp3) is 0.938. The van der Waals surface area contributed by atoms with Crippen LogP contribution in [0.3, 0.4) is 0 Å². The molecule has 8 heteroatoms. The number of hydrogen-bond donors (Lipinski definition) is 0. The number of hydrogen-bond acceptors (Lipinski definition) is 5. The highest BCUT2D eigenvalue weighted by Gasteiger charge is 2.47. The lowest BCUT2D eigenvalue weighted by atomic mass is 9.78. The maximum absolute atomic E-state index is 12.0. The minimum Gasteiger partial charge on any atom is -0.375 e. The van der Waals surface area contributed by atoms with Crippen molar-refractivity contribution in [2.75, 3.05) is 52.8 Å². The van der Waals surface area contributed by atoms with Gasteiger partial charge in [0.1, 0.15) is 6.61 Å². The lowest BCUT2D eigenvalue weighted by Crippen LogP contribution is -2.49. The summed E-state index contributed by atoms with van der Waals surface area (Å²) in [5.41, 5.74) is -0.214. The summed E-state index contributed by atoms with van der Waals surface area (Å²) in [6.45, 7) is 4.12. The van der Waals surface area contributed by atoms with Gasteiger partial charge in [-0.05, 0) is 38.5 Å². The second-order valence-electron chi connectivity index (χ2n) is 6.83. The molecule has 1 amide bonds. The average molecular weight is 362 g/mol. The molecule has 2 rings (SSSR count). The van der Waals surface area contributed by atoms with Crippen LogP contribution in [0, 0.1) is 5.92 Å². The lowest BCUT2D eigenvalue weighted by molar-refractivity contribution is -0.133. The maximum atomic E-state index is 12.0. The molecule has 2 fully saturated rings. The number of sulfonamides is 1. The van der Waals surface area contributed by atoms with Crippen LogP contribution in [0.4, 0.5) is 0 Å². The zero-order valence-electron chi connectivity index (χ0n) is 15.0. The Morgan fingerprint density at radius 3 is 2.58 bits per heavy atom. The van der Waals surface area contributed by atoms with Crippen LogP contribution >= 0.6 is 0 Å². The van der Waals surface area contributed by atoms with Crippen molar-refractivity contribution < 1.29 is 22.7 Å². The molecule has 0 saturated carbocycles. The van der Waals surface area contributed by atoms with Crippen LogP contribution in [0.2, 0.25) is 0 Å².